The first-order valence-electron chi connectivity index (χ1n) is 7.69. The van der Waals surface area contributed by atoms with E-state index in [9.17, 15) is 14.7 Å². The number of carbonyl (C=O) groups excluding carboxylic acids is 1. The lowest BCUT2D eigenvalue weighted by atomic mass is 9.88. The minimum Gasteiger partial charge on any atom is -0.480 e. The largest absolute Gasteiger partial charge is 0.480 e. The van der Waals surface area contributed by atoms with Crippen molar-refractivity contribution in [3.8, 4) is 0 Å². The number of likely N-dealkylation sites (tertiary alicyclic amines) is 1. The number of hydrogen-bond acceptors (Lipinski definition) is 3. The Morgan fingerprint density at radius 2 is 2.00 bits per heavy atom. The molecule has 1 aliphatic heterocycles. The summed E-state index contributed by atoms with van der Waals surface area (Å²) in [6, 6.07) is -0.796. The highest BCUT2D eigenvalue weighted by molar-refractivity contribution is 5.83. The second-order valence-electron chi connectivity index (χ2n) is 5.88. The normalized spacial score (nSPS) is 26.8. The predicted octanol–water partition coefficient (Wildman–Crippen LogP) is 1.86. The van der Waals surface area contributed by atoms with Crippen LogP contribution in [0.1, 0.15) is 53.4 Å². The molecule has 0 aromatic rings. The highest BCUT2D eigenvalue weighted by atomic mass is 16.4. The van der Waals surface area contributed by atoms with E-state index < -0.39 is 12.0 Å². The number of carboxylic acids is 1. The van der Waals surface area contributed by atoms with Gasteiger partial charge in [0.05, 0.1) is 6.04 Å². The molecule has 5 heteroatoms. The molecule has 4 atom stereocenters. The molecular formula is C15H28N2O3. The van der Waals surface area contributed by atoms with E-state index in [-0.39, 0.29) is 18.0 Å². The predicted molar refractivity (Wildman–Crippen MR) is 78.5 cm³/mol. The van der Waals surface area contributed by atoms with Crippen molar-refractivity contribution in [3.63, 3.8) is 0 Å². The zero-order valence-electron chi connectivity index (χ0n) is 13.1. The fraction of sp³-hybridized carbons (Fsp3) is 0.867. The number of nitrogens with one attached hydrogen (secondary N) is 1. The van der Waals surface area contributed by atoms with Gasteiger partial charge in [-0.3, -0.25) is 14.5 Å². The van der Waals surface area contributed by atoms with Crippen LogP contribution in [0, 0.1) is 5.92 Å². The molecule has 0 aromatic heterocycles. The van der Waals surface area contributed by atoms with E-state index in [1.807, 2.05) is 18.7 Å². The topological polar surface area (TPSA) is 69.6 Å². The van der Waals surface area contributed by atoms with Crippen LogP contribution in [-0.2, 0) is 9.59 Å². The molecule has 1 heterocycles. The van der Waals surface area contributed by atoms with Gasteiger partial charge in [-0.1, -0.05) is 20.3 Å². The molecule has 0 aliphatic carbocycles. The maximum atomic E-state index is 12.2. The van der Waals surface area contributed by atoms with Gasteiger partial charge in [-0.25, -0.2) is 0 Å². The van der Waals surface area contributed by atoms with Gasteiger partial charge in [0.15, 0.2) is 0 Å². The van der Waals surface area contributed by atoms with Gasteiger partial charge in [0.25, 0.3) is 0 Å². The van der Waals surface area contributed by atoms with Crippen LogP contribution >= 0.6 is 0 Å². The Balaban J connectivity index is 2.71. The minimum atomic E-state index is -0.814. The van der Waals surface area contributed by atoms with Gasteiger partial charge in [0.2, 0.25) is 5.91 Å². The fourth-order valence-electron chi connectivity index (χ4n) is 2.75. The number of nitrogens with zero attached hydrogens (tertiary/aromatic N) is 1. The standard InChI is InChI=1S/C15H28N2O3/c1-5-10(3)16-14(18)11(4)17-8-7-12(6-2)9-13(17)15(19)20/h10-13H,5-9H2,1-4H3,(H,16,18)(H,19,20). The number of carboxylic acid groups (broad SMARTS) is 1. The van der Waals surface area contributed by atoms with Crippen molar-refractivity contribution in [3.05, 3.63) is 0 Å². The first kappa shape index (κ1) is 17.0. The van der Waals surface area contributed by atoms with Gasteiger partial charge in [-0.2, -0.15) is 0 Å². The van der Waals surface area contributed by atoms with Crippen molar-refractivity contribution < 1.29 is 14.7 Å². The first-order valence-corrected chi connectivity index (χ1v) is 7.69. The Labute approximate surface area is 121 Å². The van der Waals surface area contributed by atoms with Crippen molar-refractivity contribution in [2.45, 2.75) is 71.5 Å². The van der Waals surface area contributed by atoms with Crippen molar-refractivity contribution >= 4 is 11.9 Å². The third kappa shape index (κ3) is 4.20. The van der Waals surface area contributed by atoms with Crippen LogP contribution in [0.2, 0.25) is 0 Å². The van der Waals surface area contributed by atoms with E-state index in [2.05, 4.69) is 12.2 Å². The summed E-state index contributed by atoms with van der Waals surface area (Å²) in [5, 5.41) is 12.3. The van der Waals surface area contributed by atoms with Gasteiger partial charge in [-0.05, 0) is 39.0 Å². The summed E-state index contributed by atoms with van der Waals surface area (Å²) in [7, 11) is 0. The molecular weight excluding hydrogens is 256 g/mol. The lowest BCUT2D eigenvalue weighted by Gasteiger charge is -2.40. The quantitative estimate of drug-likeness (QED) is 0.781. The Kier molecular flexibility index (Phi) is 6.46. The second-order valence-corrected chi connectivity index (χ2v) is 5.88. The molecule has 116 valence electrons. The molecule has 0 aromatic carbocycles. The van der Waals surface area contributed by atoms with Gasteiger partial charge < -0.3 is 10.4 Å². The molecule has 1 aliphatic rings. The third-order valence-corrected chi connectivity index (χ3v) is 4.49. The SMILES string of the molecule is CCC1CCN(C(C)C(=O)NC(C)CC)C(C(=O)O)C1. The lowest BCUT2D eigenvalue weighted by molar-refractivity contribution is -0.148. The van der Waals surface area contributed by atoms with Gasteiger partial charge in [0, 0.05) is 12.6 Å². The molecule has 5 nitrogen and oxygen atoms in total. The van der Waals surface area contributed by atoms with E-state index in [1.165, 1.54) is 0 Å². The Hall–Kier alpha value is -1.10. The highest BCUT2D eigenvalue weighted by Gasteiger charge is 2.37. The zero-order chi connectivity index (χ0) is 15.3. The summed E-state index contributed by atoms with van der Waals surface area (Å²) in [6.45, 7) is 8.56. The second kappa shape index (κ2) is 7.62. The Morgan fingerprint density at radius 3 is 2.50 bits per heavy atom. The maximum Gasteiger partial charge on any atom is 0.320 e. The summed E-state index contributed by atoms with van der Waals surface area (Å²) in [5.41, 5.74) is 0. The summed E-state index contributed by atoms with van der Waals surface area (Å²) < 4.78 is 0. The van der Waals surface area contributed by atoms with Crippen LogP contribution in [0.5, 0.6) is 0 Å². The highest BCUT2D eigenvalue weighted by Crippen LogP contribution is 2.27. The number of aliphatic carboxylic acids is 1. The smallest absolute Gasteiger partial charge is 0.320 e. The molecule has 1 saturated heterocycles. The number of hydrogen-bond donors (Lipinski definition) is 2. The van der Waals surface area contributed by atoms with Crippen molar-refractivity contribution in [1.29, 1.82) is 0 Å². The molecule has 1 fully saturated rings. The van der Waals surface area contributed by atoms with Gasteiger partial charge in [0.1, 0.15) is 6.04 Å². The summed E-state index contributed by atoms with van der Waals surface area (Å²) in [5.74, 6) is -0.427. The van der Waals surface area contributed by atoms with Crippen LogP contribution in [0.25, 0.3) is 0 Å². The average molecular weight is 284 g/mol. The van der Waals surface area contributed by atoms with Crippen LogP contribution in [0.15, 0.2) is 0 Å². The Morgan fingerprint density at radius 1 is 1.35 bits per heavy atom. The summed E-state index contributed by atoms with van der Waals surface area (Å²) in [6.07, 6.45) is 3.50. The summed E-state index contributed by atoms with van der Waals surface area (Å²) >= 11 is 0. The van der Waals surface area contributed by atoms with E-state index in [0.717, 1.165) is 19.3 Å². The van der Waals surface area contributed by atoms with Gasteiger partial charge in [-0.15, -0.1) is 0 Å². The first-order chi connectivity index (χ1) is 9.40. The minimum absolute atomic E-state index is 0.0689. The molecule has 0 radical (unpaired) electrons. The van der Waals surface area contributed by atoms with E-state index in [1.54, 1.807) is 6.92 Å². The zero-order valence-corrected chi connectivity index (χ0v) is 13.1. The molecule has 0 spiro atoms. The van der Waals surface area contributed by atoms with Crippen molar-refractivity contribution in [2.75, 3.05) is 6.54 Å². The van der Waals surface area contributed by atoms with Crippen molar-refractivity contribution in [1.82, 2.24) is 10.2 Å². The Bertz CT molecular complexity index is 346. The average Bonchev–Trinajstić information content (AvgIpc) is 2.45. The third-order valence-electron chi connectivity index (χ3n) is 4.49. The monoisotopic (exact) mass is 284 g/mol. The van der Waals surface area contributed by atoms with Crippen LogP contribution < -0.4 is 5.32 Å². The number of rotatable bonds is 6. The van der Waals surface area contributed by atoms with Crippen LogP contribution in [-0.4, -0.2) is 46.6 Å². The number of amides is 1. The van der Waals surface area contributed by atoms with Gasteiger partial charge >= 0.3 is 5.97 Å². The van der Waals surface area contributed by atoms with Crippen LogP contribution in [0.4, 0.5) is 0 Å². The molecule has 1 rings (SSSR count). The molecule has 1 amide bonds. The molecule has 4 unspecified atom stereocenters. The lowest BCUT2D eigenvalue weighted by Crippen LogP contribution is -2.56. The number of piperidine rings is 1. The molecule has 20 heavy (non-hydrogen) atoms. The fourth-order valence-corrected chi connectivity index (χ4v) is 2.75. The number of carbonyl (C=O) groups is 2. The molecule has 2 N–H and O–H groups in total. The van der Waals surface area contributed by atoms with E-state index in [0.29, 0.717) is 18.9 Å². The summed E-state index contributed by atoms with van der Waals surface area (Å²) in [4.78, 5) is 25.5. The molecule has 0 bridgehead atoms. The van der Waals surface area contributed by atoms with E-state index in [4.69, 9.17) is 0 Å². The van der Waals surface area contributed by atoms with Crippen LogP contribution in [0.3, 0.4) is 0 Å². The maximum absolute atomic E-state index is 12.2. The van der Waals surface area contributed by atoms with Crippen molar-refractivity contribution in [2.24, 2.45) is 5.92 Å². The molecule has 0 saturated carbocycles. The van der Waals surface area contributed by atoms with E-state index >= 15 is 0 Å².